The van der Waals surface area contributed by atoms with E-state index in [0.717, 1.165) is 13.0 Å². The lowest BCUT2D eigenvalue weighted by Gasteiger charge is -2.41. The molecule has 1 aliphatic carbocycles. The first-order valence-corrected chi connectivity index (χ1v) is 7.37. The molecule has 1 fully saturated rings. The molecule has 5 nitrogen and oxygen atoms in total. The lowest BCUT2D eigenvalue weighted by Crippen LogP contribution is -2.36. The van der Waals surface area contributed by atoms with Crippen molar-refractivity contribution in [2.24, 2.45) is 5.41 Å². The normalized spacial score (nSPS) is 16.3. The second-order valence-corrected chi connectivity index (χ2v) is 5.55. The minimum Gasteiger partial charge on any atom is -0.380 e. The van der Waals surface area contributed by atoms with Gasteiger partial charge in [-0.1, -0.05) is 19.4 Å². The van der Waals surface area contributed by atoms with Crippen LogP contribution in [0.1, 0.15) is 39.5 Å². The highest BCUT2D eigenvalue weighted by atomic mass is 16.6. The van der Waals surface area contributed by atoms with E-state index in [-0.39, 0.29) is 10.6 Å². The summed E-state index contributed by atoms with van der Waals surface area (Å²) in [6, 6.07) is 5.40. The number of para-hydroxylation sites is 1. The van der Waals surface area contributed by atoms with E-state index in [1.54, 1.807) is 12.1 Å². The number of nitro benzene ring substituents is 1. The predicted octanol–water partition coefficient (Wildman–Crippen LogP) is 4.02. The first-order chi connectivity index (χ1) is 9.62. The van der Waals surface area contributed by atoms with Crippen LogP contribution in [0.15, 0.2) is 18.2 Å². The molecule has 1 aromatic carbocycles. The smallest absolute Gasteiger partial charge is 0.315 e. The Morgan fingerprint density at radius 2 is 1.90 bits per heavy atom. The summed E-state index contributed by atoms with van der Waals surface area (Å²) in [6.45, 7) is 5.62. The molecule has 0 amide bonds. The topological polar surface area (TPSA) is 67.2 Å². The van der Waals surface area contributed by atoms with Gasteiger partial charge in [0, 0.05) is 13.1 Å². The van der Waals surface area contributed by atoms with Crippen LogP contribution in [0, 0.1) is 15.5 Å². The number of anilines is 2. The monoisotopic (exact) mass is 277 g/mol. The first kappa shape index (κ1) is 14.6. The summed E-state index contributed by atoms with van der Waals surface area (Å²) in [7, 11) is 0. The van der Waals surface area contributed by atoms with Crippen LogP contribution < -0.4 is 10.6 Å². The van der Waals surface area contributed by atoms with Crippen molar-refractivity contribution < 1.29 is 4.92 Å². The zero-order valence-corrected chi connectivity index (χ0v) is 12.2. The van der Waals surface area contributed by atoms with E-state index < -0.39 is 0 Å². The van der Waals surface area contributed by atoms with Gasteiger partial charge in [-0.05, 0) is 43.7 Å². The Morgan fingerprint density at radius 1 is 1.25 bits per heavy atom. The van der Waals surface area contributed by atoms with Gasteiger partial charge >= 0.3 is 5.69 Å². The number of nitrogens with one attached hydrogen (secondary N) is 2. The molecule has 2 rings (SSSR count). The third-order valence-corrected chi connectivity index (χ3v) is 4.40. The molecule has 1 aromatic rings. The van der Waals surface area contributed by atoms with E-state index >= 15 is 0 Å². The van der Waals surface area contributed by atoms with Gasteiger partial charge < -0.3 is 10.6 Å². The van der Waals surface area contributed by atoms with Crippen LogP contribution in [0.2, 0.25) is 0 Å². The van der Waals surface area contributed by atoms with E-state index in [2.05, 4.69) is 17.6 Å². The van der Waals surface area contributed by atoms with Gasteiger partial charge in [0.05, 0.1) is 4.92 Å². The molecule has 0 bridgehead atoms. The Hall–Kier alpha value is -1.78. The zero-order chi connectivity index (χ0) is 14.6. The minimum absolute atomic E-state index is 0.153. The fourth-order valence-electron chi connectivity index (χ4n) is 2.83. The zero-order valence-electron chi connectivity index (χ0n) is 12.2. The van der Waals surface area contributed by atoms with Crippen molar-refractivity contribution in [1.82, 2.24) is 0 Å². The van der Waals surface area contributed by atoms with E-state index in [9.17, 15) is 10.1 Å². The largest absolute Gasteiger partial charge is 0.380 e. The molecule has 0 radical (unpaired) electrons. The van der Waals surface area contributed by atoms with Gasteiger partial charge in [-0.15, -0.1) is 0 Å². The summed E-state index contributed by atoms with van der Waals surface area (Å²) in [5.41, 5.74) is 1.69. The molecule has 0 spiro atoms. The second-order valence-electron chi connectivity index (χ2n) is 5.55. The van der Waals surface area contributed by atoms with E-state index in [0.29, 0.717) is 23.3 Å². The van der Waals surface area contributed by atoms with Crippen molar-refractivity contribution in [3.05, 3.63) is 28.3 Å². The van der Waals surface area contributed by atoms with Gasteiger partial charge in [0.1, 0.15) is 11.4 Å². The maximum Gasteiger partial charge on any atom is 0.315 e. The Bertz CT molecular complexity index is 478. The standard InChI is InChI=1S/C15H23N3O2/c1-3-15(9-6-10-15)11-17-13-8-5-7-12(16-4-2)14(13)18(19)20/h5,7-8,16-17H,3-4,6,9-11H2,1-2H3. The van der Waals surface area contributed by atoms with Crippen LogP contribution in [0.3, 0.4) is 0 Å². The fraction of sp³-hybridized carbons (Fsp3) is 0.600. The van der Waals surface area contributed by atoms with Crippen molar-refractivity contribution in [2.75, 3.05) is 23.7 Å². The minimum atomic E-state index is -0.306. The molecule has 0 unspecified atom stereocenters. The number of rotatable bonds is 7. The van der Waals surface area contributed by atoms with Gasteiger partial charge in [-0.2, -0.15) is 0 Å². The SMILES string of the molecule is CCNc1cccc(NCC2(CC)CCC2)c1[N+](=O)[O-]. The molecular formula is C15H23N3O2. The van der Waals surface area contributed by atoms with Gasteiger partial charge in [0.15, 0.2) is 0 Å². The molecule has 5 heteroatoms. The Labute approximate surface area is 119 Å². The first-order valence-electron chi connectivity index (χ1n) is 7.37. The second kappa shape index (κ2) is 6.11. The Balaban J connectivity index is 2.18. The van der Waals surface area contributed by atoms with Crippen LogP contribution in [0.5, 0.6) is 0 Å². The van der Waals surface area contributed by atoms with E-state index in [1.165, 1.54) is 19.3 Å². The molecule has 0 saturated heterocycles. The summed E-state index contributed by atoms with van der Waals surface area (Å²) in [6.07, 6.45) is 4.84. The van der Waals surface area contributed by atoms with Crippen molar-refractivity contribution >= 4 is 17.1 Å². The highest BCUT2D eigenvalue weighted by molar-refractivity contribution is 5.76. The molecular weight excluding hydrogens is 254 g/mol. The highest BCUT2D eigenvalue weighted by Crippen LogP contribution is 2.44. The predicted molar refractivity (Wildman–Crippen MR) is 82.3 cm³/mol. The van der Waals surface area contributed by atoms with Gasteiger partial charge in [-0.25, -0.2) is 0 Å². The van der Waals surface area contributed by atoms with Crippen molar-refractivity contribution in [3.8, 4) is 0 Å². The molecule has 0 atom stereocenters. The van der Waals surface area contributed by atoms with Gasteiger partial charge in [0.2, 0.25) is 0 Å². The maximum absolute atomic E-state index is 11.3. The third kappa shape index (κ3) is 2.86. The lowest BCUT2D eigenvalue weighted by molar-refractivity contribution is -0.383. The quantitative estimate of drug-likeness (QED) is 0.583. The van der Waals surface area contributed by atoms with Gasteiger partial charge in [0.25, 0.3) is 0 Å². The van der Waals surface area contributed by atoms with Crippen LogP contribution >= 0.6 is 0 Å². The van der Waals surface area contributed by atoms with E-state index in [4.69, 9.17) is 0 Å². The summed E-state index contributed by atoms with van der Waals surface area (Å²) in [5, 5.41) is 17.7. The van der Waals surface area contributed by atoms with Gasteiger partial charge in [-0.3, -0.25) is 10.1 Å². The molecule has 0 aliphatic heterocycles. The molecule has 0 heterocycles. The number of nitrogens with zero attached hydrogens (tertiary/aromatic N) is 1. The van der Waals surface area contributed by atoms with Crippen LogP contribution in [0.25, 0.3) is 0 Å². The summed E-state index contributed by atoms with van der Waals surface area (Å²) >= 11 is 0. The third-order valence-electron chi connectivity index (χ3n) is 4.40. The molecule has 1 saturated carbocycles. The molecule has 0 aromatic heterocycles. The molecule has 1 aliphatic rings. The number of hydrogen-bond donors (Lipinski definition) is 2. The highest BCUT2D eigenvalue weighted by Gasteiger charge is 2.35. The van der Waals surface area contributed by atoms with E-state index in [1.807, 2.05) is 13.0 Å². The molecule has 110 valence electrons. The average Bonchev–Trinajstić information content (AvgIpc) is 2.38. The van der Waals surface area contributed by atoms with Crippen LogP contribution in [-0.2, 0) is 0 Å². The Morgan fingerprint density at radius 3 is 2.35 bits per heavy atom. The molecule has 20 heavy (non-hydrogen) atoms. The number of nitro groups is 1. The number of hydrogen-bond acceptors (Lipinski definition) is 4. The summed E-state index contributed by atoms with van der Waals surface area (Å²) in [4.78, 5) is 11.0. The Kier molecular flexibility index (Phi) is 4.47. The summed E-state index contributed by atoms with van der Waals surface area (Å²) in [5.74, 6) is 0. The lowest BCUT2D eigenvalue weighted by atomic mass is 9.67. The maximum atomic E-state index is 11.3. The van der Waals surface area contributed by atoms with Crippen molar-refractivity contribution in [2.45, 2.75) is 39.5 Å². The molecule has 2 N–H and O–H groups in total. The fourth-order valence-corrected chi connectivity index (χ4v) is 2.83. The van der Waals surface area contributed by atoms with Crippen LogP contribution in [0.4, 0.5) is 17.1 Å². The van der Waals surface area contributed by atoms with Crippen molar-refractivity contribution in [3.63, 3.8) is 0 Å². The number of benzene rings is 1. The summed E-state index contributed by atoms with van der Waals surface area (Å²) < 4.78 is 0. The average molecular weight is 277 g/mol. The van der Waals surface area contributed by atoms with Crippen molar-refractivity contribution in [1.29, 1.82) is 0 Å². The van der Waals surface area contributed by atoms with Crippen LogP contribution in [-0.4, -0.2) is 18.0 Å².